The number of nitrogens with zero attached hydrogens (tertiary/aromatic N) is 3. The van der Waals surface area contributed by atoms with E-state index in [0.717, 1.165) is 37.6 Å². The van der Waals surface area contributed by atoms with Gasteiger partial charge in [-0.15, -0.1) is 0 Å². The molecule has 9 nitrogen and oxygen atoms in total. The Morgan fingerprint density at radius 1 is 1.20 bits per heavy atom. The van der Waals surface area contributed by atoms with Crippen LogP contribution in [-0.2, 0) is 18.4 Å². The molecule has 1 atom stereocenters. The van der Waals surface area contributed by atoms with E-state index in [1.807, 2.05) is 6.07 Å². The van der Waals surface area contributed by atoms with E-state index in [1.54, 1.807) is 26.2 Å². The van der Waals surface area contributed by atoms with E-state index in [-0.39, 0.29) is 17.2 Å². The monoisotopic (exact) mass is 481 g/mol. The first kappa shape index (κ1) is 23.2. The number of anilines is 1. The quantitative estimate of drug-likeness (QED) is 0.557. The van der Waals surface area contributed by atoms with Crippen molar-refractivity contribution in [3.05, 3.63) is 52.5 Å². The first-order valence-corrected chi connectivity index (χ1v) is 11.9. The third kappa shape index (κ3) is 4.84. The maximum Gasteiger partial charge on any atom is 0.265 e. The molecule has 1 fully saturated rings. The van der Waals surface area contributed by atoms with Crippen molar-refractivity contribution in [1.29, 1.82) is 0 Å². The molecule has 3 aromatic heterocycles. The first-order valence-electron chi connectivity index (χ1n) is 11.9. The van der Waals surface area contributed by atoms with Gasteiger partial charge in [-0.2, -0.15) is 0 Å². The molecule has 4 heterocycles. The van der Waals surface area contributed by atoms with E-state index in [0.29, 0.717) is 47.6 Å². The van der Waals surface area contributed by atoms with Gasteiger partial charge in [0.15, 0.2) is 23.4 Å². The molecule has 1 unspecified atom stereocenters. The molecule has 1 aliphatic heterocycles. The lowest BCUT2D eigenvalue weighted by atomic mass is 9.86. The van der Waals surface area contributed by atoms with Gasteiger partial charge in [-0.1, -0.05) is 0 Å². The number of hydrogen-bond acceptors (Lipinski definition) is 7. The number of aryl methyl sites for hydroxylation is 1. The van der Waals surface area contributed by atoms with Crippen molar-refractivity contribution in [2.24, 2.45) is 13.0 Å². The van der Waals surface area contributed by atoms with Crippen LogP contribution >= 0.6 is 0 Å². The molecule has 0 saturated heterocycles. The number of ether oxygens (including phenoxy) is 2. The summed E-state index contributed by atoms with van der Waals surface area (Å²) in [5, 5.41) is 6.39. The molecule has 2 N–H and O–H groups in total. The maximum atomic E-state index is 14.5. The number of carbonyl (C=O) groups excluding carboxylic acids is 1. The van der Waals surface area contributed by atoms with Crippen molar-refractivity contribution in [3.8, 4) is 11.5 Å². The molecule has 2 aliphatic rings. The lowest BCUT2D eigenvalue weighted by molar-refractivity contribution is -0.122. The van der Waals surface area contributed by atoms with Crippen LogP contribution < -0.4 is 25.7 Å². The van der Waals surface area contributed by atoms with Crippen LogP contribution in [0.4, 0.5) is 10.1 Å². The Morgan fingerprint density at radius 3 is 2.80 bits per heavy atom. The van der Waals surface area contributed by atoms with E-state index in [4.69, 9.17) is 9.47 Å². The zero-order chi connectivity index (χ0) is 24.5. The number of fused-ring (bicyclic) bond motifs is 2. The van der Waals surface area contributed by atoms with Gasteiger partial charge in [-0.25, -0.2) is 4.39 Å². The maximum absolute atomic E-state index is 14.5. The molecular formula is C25H28FN5O4. The average molecular weight is 482 g/mol. The van der Waals surface area contributed by atoms with Crippen LogP contribution in [0.1, 0.15) is 38.3 Å². The van der Waals surface area contributed by atoms with Crippen molar-refractivity contribution >= 4 is 22.6 Å². The highest BCUT2D eigenvalue weighted by atomic mass is 19.1. The van der Waals surface area contributed by atoms with E-state index in [2.05, 4.69) is 20.6 Å². The van der Waals surface area contributed by atoms with Gasteiger partial charge in [0.05, 0.1) is 35.9 Å². The molecule has 0 radical (unpaired) electrons. The molecule has 1 amide bonds. The summed E-state index contributed by atoms with van der Waals surface area (Å²) < 4.78 is 27.3. The second-order valence-corrected chi connectivity index (χ2v) is 9.23. The Balaban J connectivity index is 1.14. The number of rotatable bonds is 6. The average Bonchev–Trinajstić information content (AvgIpc) is 2.86. The van der Waals surface area contributed by atoms with Crippen LogP contribution in [0.15, 0.2) is 35.4 Å². The van der Waals surface area contributed by atoms with Gasteiger partial charge in [0, 0.05) is 25.7 Å². The number of aromatic nitrogens is 3. The molecular weight excluding hydrogens is 453 g/mol. The minimum Gasteiger partial charge on any atom is -0.488 e. The Hall–Kier alpha value is -3.53. The SMILES string of the molecule is CC1Oc2cnc(CNC3CCC(COc4c(F)cnc5ccc(=O)n(C)c45)CC3)cc2NC1=O. The number of carbonyl (C=O) groups is 1. The fraction of sp³-hybridized carbons (Fsp3) is 0.440. The highest BCUT2D eigenvalue weighted by Crippen LogP contribution is 2.31. The summed E-state index contributed by atoms with van der Waals surface area (Å²) in [4.78, 5) is 32.4. The summed E-state index contributed by atoms with van der Waals surface area (Å²) >= 11 is 0. The molecule has 0 aromatic carbocycles. The Bertz CT molecular complexity index is 1320. The summed E-state index contributed by atoms with van der Waals surface area (Å²) in [5.74, 6) is 0.236. The fourth-order valence-electron chi connectivity index (χ4n) is 4.67. The highest BCUT2D eigenvalue weighted by molar-refractivity contribution is 5.97. The number of pyridine rings is 3. The predicted octanol–water partition coefficient (Wildman–Crippen LogP) is 2.91. The third-order valence-corrected chi connectivity index (χ3v) is 6.78. The minimum atomic E-state index is -0.567. The standard InChI is InChI=1S/C25H28FN5O4/c1-14-25(33)30-20-9-17(28-12-21(20)35-14)10-27-16-5-3-15(4-6-16)13-34-24-18(26)11-29-19-7-8-22(32)31(2)23(19)24/h7-9,11-12,14-16,27H,3-6,10,13H2,1-2H3,(H,30,33). The number of hydrogen-bond donors (Lipinski definition) is 2. The Labute approximate surface area is 201 Å². The molecule has 5 rings (SSSR count). The molecule has 3 aromatic rings. The summed E-state index contributed by atoms with van der Waals surface area (Å²) in [6.07, 6.45) is 6.09. The lowest BCUT2D eigenvalue weighted by Gasteiger charge is -2.29. The molecule has 35 heavy (non-hydrogen) atoms. The zero-order valence-corrected chi connectivity index (χ0v) is 19.7. The van der Waals surface area contributed by atoms with Crippen LogP contribution in [0.5, 0.6) is 11.5 Å². The minimum absolute atomic E-state index is 0.0828. The van der Waals surface area contributed by atoms with E-state index < -0.39 is 11.9 Å². The summed E-state index contributed by atoms with van der Waals surface area (Å²) in [6.45, 7) is 2.68. The van der Waals surface area contributed by atoms with Crippen molar-refractivity contribution in [1.82, 2.24) is 19.9 Å². The van der Waals surface area contributed by atoms with Crippen LogP contribution in [-0.4, -0.2) is 39.2 Å². The predicted molar refractivity (Wildman–Crippen MR) is 128 cm³/mol. The van der Waals surface area contributed by atoms with Gasteiger partial charge in [0.2, 0.25) is 0 Å². The van der Waals surface area contributed by atoms with Crippen LogP contribution in [0.2, 0.25) is 0 Å². The van der Waals surface area contributed by atoms with E-state index >= 15 is 0 Å². The Morgan fingerprint density at radius 2 is 2.00 bits per heavy atom. The van der Waals surface area contributed by atoms with Crippen molar-refractivity contribution in [3.63, 3.8) is 0 Å². The van der Waals surface area contributed by atoms with E-state index in [9.17, 15) is 14.0 Å². The number of halogens is 1. The number of amides is 1. The van der Waals surface area contributed by atoms with Crippen molar-refractivity contribution in [2.75, 3.05) is 11.9 Å². The van der Waals surface area contributed by atoms with E-state index in [1.165, 1.54) is 10.6 Å². The molecule has 1 saturated carbocycles. The van der Waals surface area contributed by atoms with Gasteiger partial charge in [-0.05, 0) is 50.7 Å². The molecule has 0 bridgehead atoms. The second kappa shape index (κ2) is 9.61. The highest BCUT2D eigenvalue weighted by Gasteiger charge is 2.25. The van der Waals surface area contributed by atoms with Crippen LogP contribution in [0.25, 0.3) is 11.0 Å². The van der Waals surface area contributed by atoms with Gasteiger partial charge < -0.3 is 24.7 Å². The van der Waals surface area contributed by atoms with Gasteiger partial charge in [0.1, 0.15) is 5.52 Å². The van der Waals surface area contributed by atoms with Crippen molar-refractivity contribution < 1.29 is 18.7 Å². The molecule has 10 heteroatoms. The number of nitrogens with one attached hydrogen (secondary N) is 2. The first-order chi connectivity index (χ1) is 16.9. The van der Waals surface area contributed by atoms with Gasteiger partial charge in [0.25, 0.3) is 11.5 Å². The van der Waals surface area contributed by atoms with Crippen LogP contribution in [0.3, 0.4) is 0 Å². The largest absolute Gasteiger partial charge is 0.488 e. The third-order valence-electron chi connectivity index (χ3n) is 6.78. The smallest absolute Gasteiger partial charge is 0.265 e. The topological polar surface area (TPSA) is 107 Å². The molecule has 0 spiro atoms. The lowest BCUT2D eigenvalue weighted by Crippen LogP contribution is -2.35. The molecule has 184 valence electrons. The normalized spacial score (nSPS) is 21.8. The zero-order valence-electron chi connectivity index (χ0n) is 19.7. The summed E-state index contributed by atoms with van der Waals surface area (Å²) in [6, 6.07) is 5.18. The molecule has 1 aliphatic carbocycles. The second-order valence-electron chi connectivity index (χ2n) is 9.23. The fourth-order valence-corrected chi connectivity index (χ4v) is 4.67. The Kier molecular flexibility index (Phi) is 6.38. The van der Waals surface area contributed by atoms with Crippen LogP contribution in [0, 0.1) is 11.7 Å². The van der Waals surface area contributed by atoms with Gasteiger partial charge >= 0.3 is 0 Å². The van der Waals surface area contributed by atoms with Crippen molar-refractivity contribution in [2.45, 2.75) is 51.3 Å². The van der Waals surface area contributed by atoms with Gasteiger partial charge in [-0.3, -0.25) is 19.6 Å². The summed E-state index contributed by atoms with van der Waals surface area (Å²) in [7, 11) is 1.59. The summed E-state index contributed by atoms with van der Waals surface area (Å²) in [5.41, 5.74) is 2.14.